The lowest BCUT2D eigenvalue weighted by Gasteiger charge is -2.18. The third kappa shape index (κ3) is 4.53. The van der Waals surface area contributed by atoms with Gasteiger partial charge < -0.3 is 24.8 Å². The van der Waals surface area contributed by atoms with Crippen molar-refractivity contribution in [2.75, 3.05) is 34.9 Å². The Labute approximate surface area is 125 Å². The van der Waals surface area contributed by atoms with Crippen molar-refractivity contribution in [1.29, 1.82) is 0 Å². The van der Waals surface area contributed by atoms with Crippen molar-refractivity contribution in [2.45, 2.75) is 19.4 Å². The molecule has 2 N–H and O–H groups in total. The topological polar surface area (TPSA) is 68.8 Å². The van der Waals surface area contributed by atoms with Gasteiger partial charge in [-0.15, -0.1) is 0 Å². The summed E-state index contributed by atoms with van der Waals surface area (Å²) in [6.45, 7) is 2.61. The summed E-state index contributed by atoms with van der Waals surface area (Å²) >= 11 is 0. The molecule has 0 heterocycles. The number of benzene rings is 1. The molecule has 0 saturated carbocycles. The fraction of sp³-hybridized carbons (Fsp3) is 0.533. The highest BCUT2D eigenvalue weighted by molar-refractivity contribution is 5.75. The van der Waals surface area contributed by atoms with E-state index in [0.29, 0.717) is 30.2 Å². The minimum atomic E-state index is 0.0135. The van der Waals surface area contributed by atoms with Crippen LogP contribution in [0.4, 0.5) is 0 Å². The van der Waals surface area contributed by atoms with Crippen molar-refractivity contribution in [1.82, 2.24) is 10.6 Å². The minimum Gasteiger partial charge on any atom is -0.493 e. The summed E-state index contributed by atoms with van der Waals surface area (Å²) in [5.41, 5.74) is 1.00. The van der Waals surface area contributed by atoms with Crippen molar-refractivity contribution in [2.24, 2.45) is 0 Å². The van der Waals surface area contributed by atoms with Crippen molar-refractivity contribution in [3.8, 4) is 17.2 Å². The quantitative estimate of drug-likeness (QED) is 0.761. The van der Waals surface area contributed by atoms with E-state index in [-0.39, 0.29) is 11.9 Å². The van der Waals surface area contributed by atoms with Crippen LogP contribution in [0.25, 0.3) is 0 Å². The maximum absolute atomic E-state index is 11.2. The molecule has 0 saturated heterocycles. The predicted molar refractivity (Wildman–Crippen MR) is 81.2 cm³/mol. The van der Waals surface area contributed by atoms with Crippen LogP contribution in [-0.2, 0) is 4.79 Å². The zero-order chi connectivity index (χ0) is 15.8. The molecule has 0 fully saturated rings. The van der Waals surface area contributed by atoms with E-state index >= 15 is 0 Å². The summed E-state index contributed by atoms with van der Waals surface area (Å²) in [5, 5.41) is 5.89. The van der Waals surface area contributed by atoms with Gasteiger partial charge in [-0.1, -0.05) is 0 Å². The van der Waals surface area contributed by atoms with Crippen molar-refractivity contribution >= 4 is 5.91 Å². The first-order chi connectivity index (χ1) is 10.1. The van der Waals surface area contributed by atoms with E-state index in [4.69, 9.17) is 14.2 Å². The van der Waals surface area contributed by atoms with Gasteiger partial charge >= 0.3 is 0 Å². The first-order valence-corrected chi connectivity index (χ1v) is 6.81. The molecule has 0 aromatic heterocycles. The second kappa shape index (κ2) is 8.36. The van der Waals surface area contributed by atoms with Crippen LogP contribution in [-0.4, -0.2) is 40.8 Å². The van der Waals surface area contributed by atoms with Gasteiger partial charge in [0.2, 0.25) is 11.7 Å². The number of ether oxygens (including phenoxy) is 3. The lowest BCUT2D eigenvalue weighted by atomic mass is 10.1. The normalized spacial score (nSPS) is 11.7. The highest BCUT2D eigenvalue weighted by Gasteiger charge is 2.16. The lowest BCUT2D eigenvalue weighted by Crippen LogP contribution is -2.26. The highest BCUT2D eigenvalue weighted by atomic mass is 16.5. The Morgan fingerprint density at radius 3 is 2.14 bits per heavy atom. The molecule has 0 aliphatic carbocycles. The van der Waals surface area contributed by atoms with Crippen LogP contribution in [0.1, 0.15) is 24.9 Å². The van der Waals surface area contributed by atoms with E-state index < -0.39 is 0 Å². The molecule has 6 heteroatoms. The van der Waals surface area contributed by atoms with Gasteiger partial charge in [0.15, 0.2) is 11.5 Å². The summed E-state index contributed by atoms with van der Waals surface area (Å²) in [5.74, 6) is 1.82. The molecular formula is C15H24N2O4. The first kappa shape index (κ1) is 17.1. The average molecular weight is 296 g/mol. The van der Waals surface area contributed by atoms with E-state index in [1.165, 1.54) is 0 Å². The van der Waals surface area contributed by atoms with Crippen LogP contribution >= 0.6 is 0 Å². The molecule has 1 rings (SSSR count). The molecule has 0 radical (unpaired) electrons. The Balaban J connectivity index is 2.84. The van der Waals surface area contributed by atoms with Gasteiger partial charge in [-0.2, -0.15) is 0 Å². The van der Waals surface area contributed by atoms with E-state index in [2.05, 4.69) is 10.6 Å². The van der Waals surface area contributed by atoms with Gasteiger partial charge in [0.1, 0.15) is 0 Å². The van der Waals surface area contributed by atoms with Gasteiger partial charge in [-0.3, -0.25) is 4.79 Å². The molecular weight excluding hydrogens is 272 g/mol. The second-order valence-corrected chi connectivity index (χ2v) is 4.56. The molecule has 0 spiro atoms. The van der Waals surface area contributed by atoms with E-state index in [9.17, 15) is 4.79 Å². The van der Waals surface area contributed by atoms with Gasteiger partial charge in [-0.05, 0) is 24.6 Å². The number of rotatable bonds is 8. The molecule has 1 unspecified atom stereocenters. The smallest absolute Gasteiger partial charge is 0.221 e. The predicted octanol–water partition coefficient (Wildman–Crippen LogP) is 1.50. The summed E-state index contributed by atoms with van der Waals surface area (Å²) in [7, 11) is 6.38. The van der Waals surface area contributed by atoms with Crippen LogP contribution in [0, 0.1) is 0 Å². The molecule has 6 nitrogen and oxygen atoms in total. The Kier molecular flexibility index (Phi) is 6.81. The molecule has 1 atom stereocenters. The molecule has 118 valence electrons. The number of amides is 1. The van der Waals surface area contributed by atoms with Crippen LogP contribution in [0.3, 0.4) is 0 Å². The summed E-state index contributed by atoms with van der Waals surface area (Å²) in [6.07, 6.45) is 0.436. The first-order valence-electron chi connectivity index (χ1n) is 6.81. The average Bonchev–Trinajstić information content (AvgIpc) is 2.52. The Bertz CT molecular complexity index is 452. The maximum atomic E-state index is 11.2. The molecule has 21 heavy (non-hydrogen) atoms. The third-order valence-electron chi connectivity index (χ3n) is 3.27. The van der Waals surface area contributed by atoms with Crippen LogP contribution in [0.5, 0.6) is 17.2 Å². The van der Waals surface area contributed by atoms with Crippen LogP contribution in [0.2, 0.25) is 0 Å². The molecule has 1 aromatic rings. The standard InChI is InChI=1S/C15H24N2O4/c1-10(17-7-6-14(18)16-2)11-8-12(19-3)15(21-5)13(9-11)20-4/h8-10,17H,6-7H2,1-5H3,(H,16,18). The van der Waals surface area contributed by atoms with E-state index in [1.807, 2.05) is 19.1 Å². The minimum absolute atomic E-state index is 0.0135. The van der Waals surface area contributed by atoms with Gasteiger partial charge in [-0.25, -0.2) is 0 Å². The summed E-state index contributed by atoms with van der Waals surface area (Å²) in [4.78, 5) is 11.2. The van der Waals surface area contributed by atoms with Crippen molar-refractivity contribution in [3.05, 3.63) is 17.7 Å². The molecule has 0 bridgehead atoms. The fourth-order valence-corrected chi connectivity index (χ4v) is 2.00. The van der Waals surface area contributed by atoms with Gasteiger partial charge in [0.25, 0.3) is 0 Å². The largest absolute Gasteiger partial charge is 0.493 e. The Morgan fingerprint density at radius 2 is 1.71 bits per heavy atom. The van der Waals surface area contributed by atoms with Crippen LogP contribution in [0.15, 0.2) is 12.1 Å². The number of hydrogen-bond donors (Lipinski definition) is 2. The molecule has 1 amide bonds. The number of hydrogen-bond acceptors (Lipinski definition) is 5. The monoisotopic (exact) mass is 296 g/mol. The van der Waals surface area contributed by atoms with Crippen molar-refractivity contribution in [3.63, 3.8) is 0 Å². The fourth-order valence-electron chi connectivity index (χ4n) is 2.00. The molecule has 0 aliphatic heterocycles. The molecule has 1 aromatic carbocycles. The maximum Gasteiger partial charge on any atom is 0.221 e. The highest BCUT2D eigenvalue weighted by Crippen LogP contribution is 2.39. The van der Waals surface area contributed by atoms with E-state index in [1.54, 1.807) is 28.4 Å². The van der Waals surface area contributed by atoms with Crippen LogP contribution < -0.4 is 24.8 Å². The Hall–Kier alpha value is -1.95. The SMILES string of the molecule is CNC(=O)CCNC(C)c1cc(OC)c(OC)c(OC)c1. The van der Waals surface area contributed by atoms with E-state index in [0.717, 1.165) is 5.56 Å². The summed E-state index contributed by atoms with van der Waals surface area (Å²) < 4.78 is 16.0. The zero-order valence-electron chi connectivity index (χ0n) is 13.3. The second-order valence-electron chi connectivity index (χ2n) is 4.56. The summed E-state index contributed by atoms with van der Waals surface area (Å²) in [6, 6.07) is 3.86. The van der Waals surface area contributed by atoms with Gasteiger partial charge in [0, 0.05) is 26.1 Å². The third-order valence-corrected chi connectivity index (χ3v) is 3.27. The number of methoxy groups -OCH3 is 3. The van der Waals surface area contributed by atoms with Crippen molar-refractivity contribution < 1.29 is 19.0 Å². The number of nitrogens with one attached hydrogen (secondary N) is 2. The Morgan fingerprint density at radius 1 is 1.14 bits per heavy atom. The zero-order valence-corrected chi connectivity index (χ0v) is 13.3. The lowest BCUT2D eigenvalue weighted by molar-refractivity contribution is -0.120. The number of carbonyl (C=O) groups excluding carboxylic acids is 1. The number of carbonyl (C=O) groups is 1. The molecule has 0 aliphatic rings. The van der Waals surface area contributed by atoms with Gasteiger partial charge in [0.05, 0.1) is 21.3 Å².